The SMILES string of the molecule is Cc1[nH]cnc1C(C(=O)NC1CCC(F)(F)CC1)N(C(=O)C1CC(O)CN1)c1ccc(C(C)(C)C)cc1. The summed E-state index contributed by atoms with van der Waals surface area (Å²) in [7, 11) is 0. The molecule has 4 N–H and O–H groups in total. The molecule has 2 amide bonds. The summed E-state index contributed by atoms with van der Waals surface area (Å²) in [4.78, 5) is 36.6. The third-order valence-electron chi connectivity index (χ3n) is 7.35. The minimum atomic E-state index is -2.72. The number of imidazole rings is 1. The zero-order valence-corrected chi connectivity index (χ0v) is 21.9. The van der Waals surface area contributed by atoms with Gasteiger partial charge in [0.15, 0.2) is 6.04 Å². The van der Waals surface area contributed by atoms with Crippen LogP contribution in [0, 0.1) is 6.92 Å². The number of aliphatic hydroxyl groups is 1. The molecule has 1 saturated carbocycles. The van der Waals surface area contributed by atoms with E-state index in [9.17, 15) is 23.5 Å². The molecule has 2 aromatic rings. The fourth-order valence-corrected chi connectivity index (χ4v) is 5.07. The number of aryl methyl sites for hydroxylation is 1. The van der Waals surface area contributed by atoms with Gasteiger partial charge in [0.1, 0.15) is 0 Å². The normalized spacial score (nSPS) is 23.0. The maximum absolute atomic E-state index is 13.9. The molecule has 0 spiro atoms. The monoisotopic (exact) mass is 517 g/mol. The summed E-state index contributed by atoms with van der Waals surface area (Å²) in [6.07, 6.45) is 0.777. The highest BCUT2D eigenvalue weighted by molar-refractivity contribution is 6.03. The topological polar surface area (TPSA) is 110 Å². The number of carbonyl (C=O) groups is 2. The van der Waals surface area contributed by atoms with Crippen molar-refractivity contribution in [2.24, 2.45) is 0 Å². The number of amides is 2. The van der Waals surface area contributed by atoms with Crippen molar-refractivity contribution in [3.8, 4) is 0 Å². The van der Waals surface area contributed by atoms with Crippen molar-refractivity contribution in [3.63, 3.8) is 0 Å². The summed E-state index contributed by atoms with van der Waals surface area (Å²) in [6, 6.07) is 5.27. The highest BCUT2D eigenvalue weighted by Gasteiger charge is 2.42. The average Bonchev–Trinajstić information content (AvgIpc) is 3.46. The van der Waals surface area contributed by atoms with Crippen LogP contribution in [0.3, 0.4) is 0 Å². The van der Waals surface area contributed by atoms with Crippen molar-refractivity contribution in [2.45, 2.75) is 95.4 Å². The Morgan fingerprint density at radius 3 is 2.35 bits per heavy atom. The summed E-state index contributed by atoms with van der Waals surface area (Å²) < 4.78 is 27.4. The van der Waals surface area contributed by atoms with Crippen LogP contribution in [0.4, 0.5) is 14.5 Å². The Morgan fingerprint density at radius 2 is 1.84 bits per heavy atom. The van der Waals surface area contributed by atoms with Gasteiger partial charge in [-0.15, -0.1) is 0 Å². The lowest BCUT2D eigenvalue weighted by Gasteiger charge is -2.35. The van der Waals surface area contributed by atoms with Crippen LogP contribution in [0.25, 0.3) is 0 Å². The van der Waals surface area contributed by atoms with Gasteiger partial charge in [-0.25, -0.2) is 13.8 Å². The van der Waals surface area contributed by atoms with E-state index in [1.165, 1.54) is 11.2 Å². The van der Waals surface area contributed by atoms with Crippen molar-refractivity contribution >= 4 is 17.5 Å². The molecule has 2 fully saturated rings. The van der Waals surface area contributed by atoms with E-state index in [2.05, 4.69) is 41.4 Å². The molecule has 1 aromatic heterocycles. The van der Waals surface area contributed by atoms with Gasteiger partial charge < -0.3 is 20.7 Å². The molecule has 2 heterocycles. The van der Waals surface area contributed by atoms with Crippen molar-refractivity contribution in [1.82, 2.24) is 20.6 Å². The molecular formula is C27H37F2N5O3. The Balaban J connectivity index is 1.72. The second kappa shape index (κ2) is 10.5. The second-order valence-electron chi connectivity index (χ2n) is 11.3. The van der Waals surface area contributed by atoms with Crippen molar-refractivity contribution in [2.75, 3.05) is 11.4 Å². The lowest BCUT2D eigenvalue weighted by Crippen LogP contribution is -2.52. The minimum absolute atomic E-state index is 0.108. The molecule has 202 valence electrons. The Labute approximate surface area is 216 Å². The zero-order chi connectivity index (χ0) is 27.0. The van der Waals surface area contributed by atoms with Crippen LogP contribution < -0.4 is 15.5 Å². The fraction of sp³-hybridized carbons (Fsp3) is 0.593. The number of anilines is 1. The summed E-state index contributed by atoms with van der Waals surface area (Å²) in [5.74, 6) is -3.56. The Bertz CT molecular complexity index is 1100. The average molecular weight is 518 g/mol. The third-order valence-corrected chi connectivity index (χ3v) is 7.35. The largest absolute Gasteiger partial charge is 0.392 e. The highest BCUT2D eigenvalue weighted by Crippen LogP contribution is 2.35. The van der Waals surface area contributed by atoms with Crippen molar-refractivity contribution in [3.05, 3.63) is 47.5 Å². The second-order valence-corrected chi connectivity index (χ2v) is 11.3. The van der Waals surface area contributed by atoms with Gasteiger partial charge >= 0.3 is 0 Å². The standard InChI is InChI=1S/C27H37F2N5O3/c1-16-22(32-15-31-16)23(24(36)33-18-9-11-27(28,29)12-10-18)34(25(37)21-13-20(35)14-30-21)19-7-5-17(6-8-19)26(2,3)4/h5-8,15,18,20-21,23,30,35H,9-14H2,1-4H3,(H,31,32)(H,33,36). The lowest BCUT2D eigenvalue weighted by molar-refractivity contribution is -0.128. The first-order chi connectivity index (χ1) is 17.4. The molecule has 1 aliphatic carbocycles. The number of aromatic nitrogens is 2. The van der Waals surface area contributed by atoms with Crippen LogP contribution in [0.15, 0.2) is 30.6 Å². The lowest BCUT2D eigenvalue weighted by atomic mass is 9.87. The first kappa shape index (κ1) is 27.2. The summed E-state index contributed by atoms with van der Waals surface area (Å²) in [5.41, 5.74) is 2.48. The zero-order valence-electron chi connectivity index (χ0n) is 21.9. The number of nitrogens with one attached hydrogen (secondary N) is 3. The van der Waals surface area contributed by atoms with E-state index < -0.39 is 36.1 Å². The number of hydrogen-bond acceptors (Lipinski definition) is 5. The Kier molecular flexibility index (Phi) is 7.71. The molecule has 3 atom stereocenters. The number of H-pyrrole nitrogens is 1. The molecule has 1 aliphatic heterocycles. The maximum atomic E-state index is 13.9. The van der Waals surface area contributed by atoms with Crippen LogP contribution >= 0.6 is 0 Å². The Hall–Kier alpha value is -2.85. The van der Waals surface area contributed by atoms with Crippen LogP contribution in [0.1, 0.15) is 75.9 Å². The van der Waals surface area contributed by atoms with Crippen molar-refractivity contribution < 1.29 is 23.5 Å². The maximum Gasteiger partial charge on any atom is 0.249 e. The molecule has 10 heteroatoms. The smallest absolute Gasteiger partial charge is 0.249 e. The number of aliphatic hydroxyl groups excluding tert-OH is 1. The molecule has 0 bridgehead atoms. The number of benzene rings is 1. The van der Waals surface area contributed by atoms with E-state index in [0.717, 1.165) is 5.56 Å². The first-order valence-electron chi connectivity index (χ1n) is 12.9. The van der Waals surface area contributed by atoms with Gasteiger partial charge in [-0.2, -0.15) is 0 Å². The first-order valence-corrected chi connectivity index (χ1v) is 12.9. The molecule has 1 aromatic carbocycles. The van der Waals surface area contributed by atoms with Gasteiger partial charge in [-0.3, -0.25) is 14.5 Å². The van der Waals surface area contributed by atoms with Gasteiger partial charge in [0.25, 0.3) is 0 Å². The highest BCUT2D eigenvalue weighted by atomic mass is 19.3. The van der Waals surface area contributed by atoms with Gasteiger partial charge in [0, 0.05) is 36.8 Å². The minimum Gasteiger partial charge on any atom is -0.392 e. The third kappa shape index (κ3) is 6.18. The van der Waals surface area contributed by atoms with E-state index in [4.69, 9.17) is 0 Å². The number of alkyl halides is 2. The predicted octanol–water partition coefficient (Wildman–Crippen LogP) is 3.51. The van der Waals surface area contributed by atoms with E-state index in [0.29, 0.717) is 17.1 Å². The van der Waals surface area contributed by atoms with Gasteiger partial charge in [0.2, 0.25) is 17.7 Å². The van der Waals surface area contributed by atoms with Crippen LogP contribution in [0.2, 0.25) is 0 Å². The molecular weight excluding hydrogens is 480 g/mol. The quantitative estimate of drug-likeness (QED) is 0.469. The molecule has 0 radical (unpaired) electrons. The molecule has 8 nitrogen and oxygen atoms in total. The molecule has 3 unspecified atom stereocenters. The van der Waals surface area contributed by atoms with Crippen LogP contribution in [-0.4, -0.2) is 57.5 Å². The fourth-order valence-electron chi connectivity index (χ4n) is 5.07. The summed E-state index contributed by atoms with van der Waals surface area (Å²) >= 11 is 0. The van der Waals surface area contributed by atoms with Crippen molar-refractivity contribution in [1.29, 1.82) is 0 Å². The Morgan fingerprint density at radius 1 is 1.19 bits per heavy atom. The number of β-amino-alcohol motifs (C(OH)–C–C–N with tert-alkyl or cyclic N) is 1. The van der Waals surface area contributed by atoms with Crippen LogP contribution in [-0.2, 0) is 15.0 Å². The van der Waals surface area contributed by atoms with E-state index in [1.54, 1.807) is 6.92 Å². The summed E-state index contributed by atoms with van der Waals surface area (Å²) in [6.45, 7) is 8.32. The molecule has 37 heavy (non-hydrogen) atoms. The van der Waals surface area contributed by atoms with Crippen LogP contribution in [0.5, 0.6) is 0 Å². The van der Waals surface area contributed by atoms with E-state index >= 15 is 0 Å². The number of aromatic amines is 1. The molecule has 2 aliphatic rings. The van der Waals surface area contributed by atoms with Gasteiger partial charge in [-0.1, -0.05) is 32.9 Å². The summed E-state index contributed by atoms with van der Waals surface area (Å²) in [5, 5.41) is 16.0. The number of halogens is 2. The van der Waals surface area contributed by atoms with E-state index in [-0.39, 0.29) is 50.0 Å². The predicted molar refractivity (Wildman–Crippen MR) is 136 cm³/mol. The number of carbonyl (C=O) groups excluding carboxylic acids is 2. The number of rotatable bonds is 6. The van der Waals surface area contributed by atoms with E-state index in [1.807, 2.05) is 24.3 Å². The number of hydrogen-bond donors (Lipinski definition) is 4. The number of nitrogens with zero attached hydrogens (tertiary/aromatic N) is 2. The van der Waals surface area contributed by atoms with Gasteiger partial charge in [0.05, 0.1) is 24.2 Å². The van der Waals surface area contributed by atoms with Gasteiger partial charge in [-0.05, 0) is 49.3 Å². The molecule has 1 saturated heterocycles. The molecule has 4 rings (SSSR count).